The van der Waals surface area contributed by atoms with Crippen molar-refractivity contribution >= 4 is 24.0 Å². The molecular weight excluding hydrogens is 588 g/mol. The first-order chi connectivity index (χ1) is 21.3. The van der Waals surface area contributed by atoms with Crippen molar-refractivity contribution in [3.63, 3.8) is 0 Å². The minimum absolute atomic E-state index is 0.00760. The number of unbranched alkanes of at least 4 members (excludes halogenated alkanes) is 3. The van der Waals surface area contributed by atoms with E-state index in [0.29, 0.717) is 19.6 Å². The minimum atomic E-state index is -1.11. The summed E-state index contributed by atoms with van der Waals surface area (Å²) in [7, 11) is 1.45. The summed E-state index contributed by atoms with van der Waals surface area (Å²) in [5, 5.41) is 14.4. The zero-order valence-electron chi connectivity index (χ0n) is 28.2. The number of amides is 4. The van der Waals surface area contributed by atoms with E-state index in [4.69, 9.17) is 23.5 Å². The summed E-state index contributed by atoms with van der Waals surface area (Å²) < 4.78 is 27.7. The van der Waals surface area contributed by atoms with Crippen LogP contribution in [-0.2, 0) is 28.5 Å². The van der Waals surface area contributed by atoms with Crippen molar-refractivity contribution in [1.29, 1.82) is 0 Å². The number of hydrogen-bond acceptors (Lipinski definition) is 11. The van der Waals surface area contributed by atoms with Gasteiger partial charge in [0.2, 0.25) is 5.91 Å². The van der Waals surface area contributed by atoms with Gasteiger partial charge in [-0.2, -0.15) is 4.98 Å². The van der Waals surface area contributed by atoms with Crippen LogP contribution in [0, 0.1) is 0 Å². The summed E-state index contributed by atoms with van der Waals surface area (Å²) in [5.41, 5.74) is -0.744. The number of hydrogen-bond donors (Lipinski definition) is 4. The first-order valence-electron chi connectivity index (χ1n) is 15.8. The van der Waals surface area contributed by atoms with Gasteiger partial charge in [-0.05, 0) is 47.0 Å². The predicted molar refractivity (Wildman–Crippen MR) is 165 cm³/mol. The van der Waals surface area contributed by atoms with Crippen molar-refractivity contribution < 1.29 is 42.6 Å². The maximum absolute atomic E-state index is 13.2. The molecule has 0 aliphatic rings. The lowest BCUT2D eigenvalue weighted by Gasteiger charge is -2.25. The van der Waals surface area contributed by atoms with E-state index in [1.807, 2.05) is 20.8 Å². The van der Waals surface area contributed by atoms with Crippen molar-refractivity contribution in [3.05, 3.63) is 11.7 Å². The van der Waals surface area contributed by atoms with Gasteiger partial charge < -0.3 is 44.7 Å². The van der Waals surface area contributed by atoms with E-state index in [9.17, 15) is 19.2 Å². The Morgan fingerprint density at radius 3 is 2.16 bits per heavy atom. The second-order valence-corrected chi connectivity index (χ2v) is 11.6. The van der Waals surface area contributed by atoms with Crippen LogP contribution < -0.4 is 21.3 Å². The van der Waals surface area contributed by atoms with E-state index in [0.717, 1.165) is 32.1 Å². The molecule has 4 atom stereocenters. The molecule has 4 N–H and O–H groups in total. The van der Waals surface area contributed by atoms with Gasteiger partial charge in [-0.3, -0.25) is 4.79 Å². The third-order valence-corrected chi connectivity index (χ3v) is 6.29. The Balaban J connectivity index is 3.18. The van der Waals surface area contributed by atoms with Crippen LogP contribution in [-0.4, -0.2) is 85.4 Å². The zero-order chi connectivity index (χ0) is 33.8. The second kappa shape index (κ2) is 21.3. The number of nitrogens with one attached hydrogen (secondary N) is 4. The smallest absolute Gasteiger partial charge is 0.408 e. The molecule has 45 heavy (non-hydrogen) atoms. The lowest BCUT2D eigenvalue weighted by atomic mass is 10.1. The molecule has 1 unspecified atom stereocenters. The summed E-state index contributed by atoms with van der Waals surface area (Å²) in [4.78, 5) is 55.4. The quantitative estimate of drug-likeness (QED) is 0.112. The fourth-order valence-corrected chi connectivity index (χ4v) is 3.72. The molecular formula is C30H54N6O9. The largest absolute Gasteiger partial charge is 0.464 e. The van der Waals surface area contributed by atoms with E-state index in [1.54, 1.807) is 27.7 Å². The Morgan fingerprint density at radius 2 is 1.53 bits per heavy atom. The average Bonchev–Trinajstić information content (AvgIpc) is 3.46. The molecule has 15 heteroatoms. The van der Waals surface area contributed by atoms with Crippen LogP contribution in [0.2, 0.25) is 0 Å². The van der Waals surface area contributed by atoms with Crippen LogP contribution in [0.25, 0.3) is 0 Å². The van der Waals surface area contributed by atoms with E-state index in [1.165, 1.54) is 7.05 Å². The van der Waals surface area contributed by atoms with Gasteiger partial charge in [0.15, 0.2) is 11.9 Å². The molecule has 258 valence electrons. The Kier molecular flexibility index (Phi) is 18.7. The average molecular weight is 643 g/mol. The molecule has 0 spiro atoms. The number of alkyl carbamates (subject to hydrolysis) is 1. The lowest BCUT2D eigenvalue weighted by Crippen LogP contribution is -2.53. The molecule has 0 radical (unpaired) electrons. The zero-order valence-corrected chi connectivity index (χ0v) is 28.2. The third kappa shape index (κ3) is 16.4. The van der Waals surface area contributed by atoms with Crippen LogP contribution in [0.1, 0.15) is 117 Å². The van der Waals surface area contributed by atoms with Gasteiger partial charge in [0.05, 0.1) is 25.7 Å². The van der Waals surface area contributed by atoms with Crippen LogP contribution in [0.5, 0.6) is 0 Å². The standard InChI is InChI=1S/C30H54N6O9/c1-9-12-15-41-19-22(33-29(40)44-30(5,6)7)26-35-25(36-45-26)21(18-23(37)31-8)32-28(39)34-24(20(4)42-16-13-10-2)27(38)43-17-14-11-3/h20-22,24H,9-19H2,1-8H3,(H,31,37)(H,33,40)(H2,32,34,39)/t20?,21-,22-,24-/m0/s1. The summed E-state index contributed by atoms with van der Waals surface area (Å²) >= 11 is 0. The monoisotopic (exact) mass is 642 g/mol. The third-order valence-electron chi connectivity index (χ3n) is 6.29. The Bertz CT molecular complexity index is 1030. The molecule has 1 heterocycles. The first-order valence-corrected chi connectivity index (χ1v) is 15.8. The van der Waals surface area contributed by atoms with E-state index >= 15 is 0 Å². The highest BCUT2D eigenvalue weighted by Gasteiger charge is 2.32. The Morgan fingerprint density at radius 1 is 0.889 bits per heavy atom. The van der Waals surface area contributed by atoms with E-state index in [-0.39, 0.29) is 31.3 Å². The summed E-state index contributed by atoms with van der Waals surface area (Å²) in [6.07, 6.45) is 3.31. The molecule has 0 saturated carbocycles. The van der Waals surface area contributed by atoms with Crippen molar-refractivity contribution in [2.75, 3.05) is 33.5 Å². The highest BCUT2D eigenvalue weighted by atomic mass is 16.6. The molecule has 1 rings (SSSR count). The van der Waals surface area contributed by atoms with Gasteiger partial charge in [-0.15, -0.1) is 0 Å². The maximum atomic E-state index is 13.2. The number of carbonyl (C=O) groups excluding carboxylic acids is 4. The number of urea groups is 1. The number of esters is 1. The van der Waals surface area contributed by atoms with Gasteiger partial charge in [0.1, 0.15) is 17.7 Å². The maximum Gasteiger partial charge on any atom is 0.408 e. The molecule has 4 amide bonds. The highest BCUT2D eigenvalue weighted by molar-refractivity contribution is 5.85. The molecule has 1 aromatic rings. The summed E-state index contributed by atoms with van der Waals surface area (Å²) in [5.74, 6) is -1.08. The van der Waals surface area contributed by atoms with Gasteiger partial charge >= 0.3 is 18.1 Å². The van der Waals surface area contributed by atoms with Crippen molar-refractivity contribution in [3.8, 4) is 0 Å². The number of aromatic nitrogens is 2. The van der Waals surface area contributed by atoms with Gasteiger partial charge in [0, 0.05) is 20.3 Å². The number of nitrogens with zero attached hydrogens (tertiary/aromatic N) is 2. The molecule has 0 aliphatic carbocycles. The van der Waals surface area contributed by atoms with Crippen molar-refractivity contribution in [1.82, 2.24) is 31.4 Å². The van der Waals surface area contributed by atoms with Crippen molar-refractivity contribution in [2.45, 2.75) is 123 Å². The molecule has 0 aromatic carbocycles. The fourth-order valence-electron chi connectivity index (χ4n) is 3.72. The van der Waals surface area contributed by atoms with Gasteiger partial charge in [-0.25, -0.2) is 14.4 Å². The normalized spacial score (nSPS) is 14.0. The Hall–Kier alpha value is -3.46. The Labute approximate surface area is 266 Å². The fraction of sp³-hybridized carbons (Fsp3) is 0.800. The van der Waals surface area contributed by atoms with Crippen LogP contribution >= 0.6 is 0 Å². The lowest BCUT2D eigenvalue weighted by molar-refractivity contribution is -0.150. The SMILES string of the molecule is CCCCOC[C@H](NC(=O)OC(C)(C)C)c1nc([C@H](CC(=O)NC)NC(=O)N[C@H](C(=O)OCCCC)C(C)OCCCC)no1. The summed E-state index contributed by atoms with van der Waals surface area (Å²) in [6, 6.07) is -3.80. The molecule has 0 fully saturated rings. The van der Waals surface area contributed by atoms with Crippen molar-refractivity contribution in [2.24, 2.45) is 0 Å². The predicted octanol–water partition coefficient (Wildman–Crippen LogP) is 3.85. The first kappa shape index (κ1) is 39.6. The number of carbonyl (C=O) groups is 4. The minimum Gasteiger partial charge on any atom is -0.464 e. The molecule has 15 nitrogen and oxygen atoms in total. The van der Waals surface area contributed by atoms with Gasteiger partial charge in [0.25, 0.3) is 5.89 Å². The van der Waals surface area contributed by atoms with Crippen LogP contribution in [0.3, 0.4) is 0 Å². The molecule has 0 saturated heterocycles. The van der Waals surface area contributed by atoms with Crippen LogP contribution in [0.15, 0.2) is 4.52 Å². The van der Waals surface area contributed by atoms with E-state index < -0.39 is 53.8 Å². The molecule has 1 aromatic heterocycles. The highest BCUT2D eigenvalue weighted by Crippen LogP contribution is 2.19. The number of rotatable bonds is 21. The van der Waals surface area contributed by atoms with Gasteiger partial charge in [-0.1, -0.05) is 45.2 Å². The molecule has 0 aliphatic heterocycles. The van der Waals surface area contributed by atoms with E-state index in [2.05, 4.69) is 31.4 Å². The molecule has 0 bridgehead atoms. The summed E-state index contributed by atoms with van der Waals surface area (Å²) in [6.45, 7) is 14.0. The number of ether oxygens (including phenoxy) is 4. The van der Waals surface area contributed by atoms with Crippen LogP contribution in [0.4, 0.5) is 9.59 Å². The topological polar surface area (TPSA) is 192 Å². The second-order valence-electron chi connectivity index (χ2n) is 11.6.